The molecule has 0 saturated carbocycles. The van der Waals surface area contributed by atoms with Crippen LogP contribution in [0.25, 0.3) is 11.9 Å². The lowest BCUT2D eigenvalue weighted by Gasteiger charge is -2.08. The summed E-state index contributed by atoms with van der Waals surface area (Å²) >= 11 is 0. The number of carbonyl (C=O) groups excluding carboxylic acids is 1. The fraction of sp³-hybridized carbons (Fsp3) is 0.0870. The summed E-state index contributed by atoms with van der Waals surface area (Å²) in [6.07, 6.45) is 9.66. The molecule has 0 bridgehead atoms. The van der Waals surface area contributed by atoms with Gasteiger partial charge < -0.3 is 10.1 Å². The first-order valence-electron chi connectivity index (χ1n) is 9.65. The molecule has 3 heterocycles. The van der Waals surface area contributed by atoms with Crippen molar-refractivity contribution in [1.29, 1.82) is 0 Å². The first-order valence-corrected chi connectivity index (χ1v) is 9.65. The lowest BCUT2D eigenvalue weighted by Crippen LogP contribution is -2.21. The highest BCUT2D eigenvalue weighted by Crippen LogP contribution is 2.15. The van der Waals surface area contributed by atoms with Gasteiger partial charge in [0.1, 0.15) is 25.0 Å². The molecule has 0 aliphatic rings. The van der Waals surface area contributed by atoms with Gasteiger partial charge >= 0.3 is 0 Å². The smallest absolute Gasteiger partial charge is 0.244 e. The van der Waals surface area contributed by atoms with Crippen LogP contribution in [0, 0.1) is 0 Å². The summed E-state index contributed by atoms with van der Waals surface area (Å²) in [7, 11) is 0. The molecule has 3 aromatic heterocycles. The van der Waals surface area contributed by atoms with E-state index in [-0.39, 0.29) is 5.91 Å². The van der Waals surface area contributed by atoms with Gasteiger partial charge in [-0.15, -0.1) is 0 Å². The molecule has 1 N–H and O–H groups in total. The van der Waals surface area contributed by atoms with Crippen LogP contribution in [0.1, 0.15) is 16.8 Å². The van der Waals surface area contributed by atoms with E-state index in [1.54, 1.807) is 29.5 Å². The zero-order chi connectivity index (χ0) is 21.3. The predicted octanol–water partition coefficient (Wildman–Crippen LogP) is 2.97. The van der Waals surface area contributed by atoms with E-state index in [0.717, 1.165) is 22.6 Å². The second-order valence-corrected chi connectivity index (χ2v) is 6.56. The van der Waals surface area contributed by atoms with Crippen LogP contribution in [0.2, 0.25) is 0 Å². The van der Waals surface area contributed by atoms with Crippen LogP contribution in [-0.2, 0) is 17.9 Å². The molecule has 0 fully saturated rings. The normalized spacial score (nSPS) is 10.8. The van der Waals surface area contributed by atoms with Gasteiger partial charge in [0.15, 0.2) is 5.82 Å². The second-order valence-electron chi connectivity index (χ2n) is 6.56. The summed E-state index contributed by atoms with van der Waals surface area (Å²) in [5.74, 6) is 1.17. The first-order chi connectivity index (χ1) is 15.3. The Morgan fingerprint density at radius 1 is 1.03 bits per heavy atom. The summed E-state index contributed by atoms with van der Waals surface area (Å²) in [5, 5.41) is 6.95. The van der Waals surface area contributed by atoms with Crippen molar-refractivity contribution in [1.82, 2.24) is 30.0 Å². The minimum atomic E-state index is -0.205. The highest BCUT2D eigenvalue weighted by molar-refractivity contribution is 5.91. The number of rotatable bonds is 8. The number of aromatic nitrogens is 5. The lowest BCUT2D eigenvalue weighted by atomic mass is 10.2. The number of hydrogen-bond acceptors (Lipinski definition) is 6. The Morgan fingerprint density at radius 2 is 1.90 bits per heavy atom. The molecule has 1 aromatic carbocycles. The lowest BCUT2D eigenvalue weighted by molar-refractivity contribution is -0.116. The number of ether oxygens (including phenoxy) is 1. The van der Waals surface area contributed by atoms with E-state index in [2.05, 4.69) is 25.4 Å². The Labute approximate surface area is 179 Å². The summed E-state index contributed by atoms with van der Waals surface area (Å²) < 4.78 is 7.28. The average Bonchev–Trinajstić information content (AvgIpc) is 3.36. The number of hydrogen-bond donors (Lipinski definition) is 1. The Balaban J connectivity index is 1.30. The van der Waals surface area contributed by atoms with Crippen molar-refractivity contribution in [3.63, 3.8) is 0 Å². The Hall–Kier alpha value is -4.33. The molecule has 0 atom stereocenters. The first kappa shape index (κ1) is 20.0. The van der Waals surface area contributed by atoms with Gasteiger partial charge in [0, 0.05) is 30.6 Å². The van der Waals surface area contributed by atoms with Gasteiger partial charge in [-0.05, 0) is 42.0 Å². The summed E-state index contributed by atoms with van der Waals surface area (Å²) in [4.78, 5) is 24.7. The maximum absolute atomic E-state index is 12.2. The molecule has 0 unspecified atom stereocenters. The quantitative estimate of drug-likeness (QED) is 0.447. The summed E-state index contributed by atoms with van der Waals surface area (Å²) in [5.41, 5.74) is 2.60. The number of benzene rings is 1. The molecule has 4 rings (SSSR count). The largest absolute Gasteiger partial charge is 0.487 e. The highest BCUT2D eigenvalue weighted by Gasteiger charge is 2.07. The second kappa shape index (κ2) is 9.93. The van der Waals surface area contributed by atoms with Crippen molar-refractivity contribution in [2.75, 3.05) is 0 Å². The SMILES string of the molecule is O=C(/C=C/c1ccc(OCc2ccccn2)cc1)NCc1cccnc1-n1cncn1. The van der Waals surface area contributed by atoms with E-state index in [1.807, 2.05) is 54.6 Å². The molecule has 8 heteroatoms. The third kappa shape index (κ3) is 5.60. The van der Waals surface area contributed by atoms with Crippen LogP contribution in [0.15, 0.2) is 85.7 Å². The zero-order valence-corrected chi connectivity index (χ0v) is 16.6. The van der Waals surface area contributed by atoms with Crippen LogP contribution < -0.4 is 10.1 Å². The van der Waals surface area contributed by atoms with E-state index in [9.17, 15) is 4.79 Å². The van der Waals surface area contributed by atoms with Crippen LogP contribution in [0.5, 0.6) is 5.75 Å². The molecule has 0 aliphatic heterocycles. The molecule has 31 heavy (non-hydrogen) atoms. The molecule has 8 nitrogen and oxygen atoms in total. The fourth-order valence-corrected chi connectivity index (χ4v) is 2.82. The summed E-state index contributed by atoms with van der Waals surface area (Å²) in [6, 6.07) is 16.9. The van der Waals surface area contributed by atoms with Crippen LogP contribution in [0.4, 0.5) is 0 Å². The fourth-order valence-electron chi connectivity index (χ4n) is 2.82. The van der Waals surface area contributed by atoms with Gasteiger partial charge in [-0.25, -0.2) is 14.6 Å². The standard InChI is InChI=1S/C23H20N6O2/c30-22(27-14-19-4-3-13-26-23(19)29-17-24-16-28-29)11-8-18-6-9-21(10-7-18)31-15-20-5-1-2-12-25-20/h1-13,16-17H,14-15H2,(H,27,30)/b11-8+. The average molecular weight is 412 g/mol. The molecular formula is C23H20N6O2. The van der Waals surface area contributed by atoms with Gasteiger partial charge in [0.2, 0.25) is 5.91 Å². The monoisotopic (exact) mass is 412 g/mol. The molecule has 0 saturated heterocycles. The molecule has 0 aliphatic carbocycles. The highest BCUT2D eigenvalue weighted by atomic mass is 16.5. The maximum Gasteiger partial charge on any atom is 0.244 e. The van der Waals surface area contributed by atoms with Crippen molar-refractivity contribution < 1.29 is 9.53 Å². The predicted molar refractivity (Wildman–Crippen MR) is 115 cm³/mol. The molecular weight excluding hydrogens is 392 g/mol. The van der Waals surface area contributed by atoms with Crippen molar-refractivity contribution in [2.45, 2.75) is 13.2 Å². The van der Waals surface area contributed by atoms with Crippen LogP contribution >= 0.6 is 0 Å². The van der Waals surface area contributed by atoms with Gasteiger partial charge in [-0.2, -0.15) is 5.10 Å². The van der Waals surface area contributed by atoms with Gasteiger partial charge in [-0.3, -0.25) is 9.78 Å². The number of nitrogens with zero attached hydrogens (tertiary/aromatic N) is 5. The van der Waals surface area contributed by atoms with E-state index in [4.69, 9.17) is 4.74 Å². The Bertz CT molecular complexity index is 1140. The Kier molecular flexibility index (Phi) is 6.39. The van der Waals surface area contributed by atoms with Crippen molar-refractivity contribution in [2.24, 2.45) is 0 Å². The maximum atomic E-state index is 12.2. The minimum Gasteiger partial charge on any atom is -0.487 e. The van der Waals surface area contributed by atoms with Crippen molar-refractivity contribution in [3.05, 3.63) is 103 Å². The number of amides is 1. The van der Waals surface area contributed by atoms with Crippen LogP contribution in [-0.4, -0.2) is 30.6 Å². The molecule has 1 amide bonds. The third-order valence-electron chi connectivity index (χ3n) is 4.38. The van der Waals surface area contributed by atoms with E-state index in [0.29, 0.717) is 19.0 Å². The minimum absolute atomic E-state index is 0.205. The van der Waals surface area contributed by atoms with Gasteiger partial charge in [-0.1, -0.05) is 24.3 Å². The van der Waals surface area contributed by atoms with Gasteiger partial charge in [0.05, 0.1) is 5.69 Å². The number of nitrogens with one attached hydrogen (secondary N) is 1. The molecule has 154 valence electrons. The zero-order valence-electron chi connectivity index (χ0n) is 16.6. The Morgan fingerprint density at radius 3 is 2.68 bits per heavy atom. The molecule has 0 radical (unpaired) electrons. The van der Waals surface area contributed by atoms with Crippen LogP contribution in [0.3, 0.4) is 0 Å². The van der Waals surface area contributed by atoms with E-state index in [1.165, 1.54) is 12.4 Å². The third-order valence-corrected chi connectivity index (χ3v) is 4.38. The van der Waals surface area contributed by atoms with Crippen molar-refractivity contribution >= 4 is 12.0 Å². The topological polar surface area (TPSA) is 94.8 Å². The number of carbonyl (C=O) groups is 1. The molecule has 0 spiro atoms. The van der Waals surface area contributed by atoms with E-state index < -0.39 is 0 Å². The van der Waals surface area contributed by atoms with E-state index >= 15 is 0 Å². The summed E-state index contributed by atoms with van der Waals surface area (Å²) in [6.45, 7) is 0.732. The van der Waals surface area contributed by atoms with Gasteiger partial charge in [0.25, 0.3) is 0 Å². The van der Waals surface area contributed by atoms with Crippen molar-refractivity contribution in [3.8, 4) is 11.6 Å². The number of pyridine rings is 2. The molecule has 4 aromatic rings.